The molecule has 6 heteroatoms. The number of nitrogens with zero attached hydrogens (tertiary/aromatic N) is 2. The molecule has 1 unspecified atom stereocenters. The van der Waals surface area contributed by atoms with Crippen LogP contribution in [0.5, 0.6) is 5.75 Å². The SMILES string of the molecule is COc1ccc2nccc([C@H](O)[C@@H]3C[C@@H]4CCN3C[C@@H]4C(=O)O)c2c1. The van der Waals surface area contributed by atoms with Gasteiger partial charge in [-0.05, 0) is 55.1 Å². The summed E-state index contributed by atoms with van der Waals surface area (Å²) in [6, 6.07) is 7.45. The van der Waals surface area contributed by atoms with Crippen LogP contribution in [0.25, 0.3) is 10.9 Å². The Labute approximate surface area is 146 Å². The molecule has 3 aliphatic rings. The Morgan fingerprint density at radius 1 is 1.40 bits per heavy atom. The van der Waals surface area contributed by atoms with E-state index in [4.69, 9.17) is 4.74 Å². The lowest BCUT2D eigenvalue weighted by atomic mass is 9.73. The fourth-order valence-electron chi connectivity index (χ4n) is 4.42. The molecule has 0 spiro atoms. The number of ether oxygens (including phenoxy) is 1. The predicted molar refractivity (Wildman–Crippen MR) is 92.5 cm³/mol. The van der Waals surface area contributed by atoms with Gasteiger partial charge in [0, 0.05) is 24.2 Å². The van der Waals surface area contributed by atoms with Gasteiger partial charge < -0.3 is 14.9 Å². The van der Waals surface area contributed by atoms with Gasteiger partial charge >= 0.3 is 5.97 Å². The molecule has 2 bridgehead atoms. The molecule has 5 atom stereocenters. The molecule has 0 saturated carbocycles. The van der Waals surface area contributed by atoms with E-state index >= 15 is 0 Å². The molecular weight excluding hydrogens is 320 g/mol. The number of rotatable bonds is 4. The van der Waals surface area contributed by atoms with Gasteiger partial charge in [0.2, 0.25) is 0 Å². The molecule has 6 nitrogen and oxygen atoms in total. The van der Waals surface area contributed by atoms with E-state index in [1.807, 2.05) is 24.3 Å². The molecule has 0 amide bonds. The predicted octanol–water partition coefficient (Wildman–Crippen LogP) is 2.07. The van der Waals surface area contributed by atoms with Crippen molar-refractivity contribution in [2.24, 2.45) is 11.8 Å². The standard InChI is InChI=1S/C19H22N2O4/c1-25-12-2-3-16-14(9-12)13(4-6-20-16)18(22)17-8-11-5-7-21(17)10-15(11)19(23)24/h2-4,6,9,11,15,17-18,22H,5,7-8,10H2,1H3,(H,23,24)/t11-,15-,17-,18-/m0/s1. The molecule has 25 heavy (non-hydrogen) atoms. The number of hydrogen-bond acceptors (Lipinski definition) is 5. The van der Waals surface area contributed by atoms with Gasteiger partial charge in [0.05, 0.1) is 24.6 Å². The molecule has 1 aromatic carbocycles. The Kier molecular flexibility index (Phi) is 4.09. The number of carboxylic acid groups (broad SMARTS) is 1. The summed E-state index contributed by atoms with van der Waals surface area (Å²) in [5, 5.41) is 21.4. The zero-order valence-electron chi connectivity index (χ0n) is 14.1. The van der Waals surface area contributed by atoms with Crippen molar-refractivity contribution in [3.63, 3.8) is 0 Å². The molecule has 5 rings (SSSR count). The number of aliphatic hydroxyl groups is 1. The first-order chi connectivity index (χ1) is 12.1. The van der Waals surface area contributed by atoms with Crippen LogP contribution in [0.1, 0.15) is 24.5 Å². The highest BCUT2D eigenvalue weighted by molar-refractivity contribution is 5.84. The number of methoxy groups -OCH3 is 1. The minimum atomic E-state index is -0.721. The van der Waals surface area contributed by atoms with Crippen LogP contribution in [0.15, 0.2) is 30.5 Å². The van der Waals surface area contributed by atoms with E-state index in [0.717, 1.165) is 35.2 Å². The van der Waals surface area contributed by atoms with Crippen LogP contribution in [-0.4, -0.2) is 52.3 Å². The molecule has 0 radical (unpaired) electrons. The lowest BCUT2D eigenvalue weighted by Crippen LogP contribution is -2.57. The van der Waals surface area contributed by atoms with Crippen molar-refractivity contribution in [3.05, 3.63) is 36.0 Å². The van der Waals surface area contributed by atoms with E-state index in [9.17, 15) is 15.0 Å². The second kappa shape index (κ2) is 6.28. The number of piperidine rings is 3. The lowest BCUT2D eigenvalue weighted by Gasteiger charge is -2.50. The number of hydrogen-bond donors (Lipinski definition) is 2. The number of aliphatic carboxylic acids is 1. The number of aromatic nitrogens is 1. The van der Waals surface area contributed by atoms with Gasteiger partial charge in [-0.1, -0.05) is 0 Å². The van der Waals surface area contributed by atoms with Crippen LogP contribution in [0.3, 0.4) is 0 Å². The van der Waals surface area contributed by atoms with Crippen molar-refractivity contribution in [3.8, 4) is 5.75 Å². The first kappa shape index (κ1) is 16.3. The third-order valence-corrected chi connectivity index (χ3v) is 5.78. The van der Waals surface area contributed by atoms with E-state index in [1.165, 1.54) is 0 Å². The molecule has 3 aliphatic heterocycles. The number of fused-ring (bicyclic) bond motifs is 4. The zero-order valence-corrected chi connectivity index (χ0v) is 14.1. The van der Waals surface area contributed by atoms with Gasteiger partial charge in [-0.3, -0.25) is 14.7 Å². The summed E-state index contributed by atoms with van der Waals surface area (Å²) < 4.78 is 5.31. The topological polar surface area (TPSA) is 82.9 Å². The average Bonchev–Trinajstić information content (AvgIpc) is 2.66. The van der Waals surface area contributed by atoms with Gasteiger partial charge in [0.25, 0.3) is 0 Å². The largest absolute Gasteiger partial charge is 0.497 e. The minimum Gasteiger partial charge on any atom is -0.497 e. The van der Waals surface area contributed by atoms with Crippen LogP contribution >= 0.6 is 0 Å². The van der Waals surface area contributed by atoms with Crippen molar-refractivity contribution in [2.45, 2.75) is 25.0 Å². The number of benzene rings is 1. The number of aliphatic hydroxyl groups excluding tert-OH is 1. The van der Waals surface area contributed by atoms with Gasteiger partial charge in [-0.2, -0.15) is 0 Å². The third-order valence-electron chi connectivity index (χ3n) is 5.78. The summed E-state index contributed by atoms with van der Waals surface area (Å²) in [7, 11) is 1.62. The summed E-state index contributed by atoms with van der Waals surface area (Å²) in [4.78, 5) is 17.9. The van der Waals surface area contributed by atoms with Crippen molar-refractivity contribution in [1.82, 2.24) is 9.88 Å². The van der Waals surface area contributed by atoms with Gasteiger partial charge in [0.15, 0.2) is 0 Å². The minimum absolute atomic E-state index is 0.0499. The highest BCUT2D eigenvalue weighted by Gasteiger charge is 2.45. The van der Waals surface area contributed by atoms with Crippen LogP contribution < -0.4 is 4.74 Å². The number of pyridine rings is 1. The summed E-state index contributed by atoms with van der Waals surface area (Å²) >= 11 is 0. The smallest absolute Gasteiger partial charge is 0.308 e. The maximum Gasteiger partial charge on any atom is 0.308 e. The van der Waals surface area contributed by atoms with Crippen molar-refractivity contribution < 1.29 is 19.7 Å². The van der Waals surface area contributed by atoms with E-state index in [-0.39, 0.29) is 17.9 Å². The van der Waals surface area contributed by atoms with Crippen LogP contribution in [0, 0.1) is 11.8 Å². The molecule has 3 saturated heterocycles. The first-order valence-corrected chi connectivity index (χ1v) is 8.66. The summed E-state index contributed by atoms with van der Waals surface area (Å²) in [5.41, 5.74) is 1.64. The molecule has 2 aromatic rings. The number of carbonyl (C=O) groups is 1. The Morgan fingerprint density at radius 3 is 2.92 bits per heavy atom. The fraction of sp³-hybridized carbons (Fsp3) is 0.474. The highest BCUT2D eigenvalue weighted by Crippen LogP contribution is 2.42. The molecule has 1 aromatic heterocycles. The van der Waals surface area contributed by atoms with Crippen LogP contribution in [0.4, 0.5) is 0 Å². The van der Waals surface area contributed by atoms with E-state index in [0.29, 0.717) is 13.0 Å². The van der Waals surface area contributed by atoms with Gasteiger partial charge in [0.1, 0.15) is 5.75 Å². The van der Waals surface area contributed by atoms with Crippen LogP contribution in [0.2, 0.25) is 0 Å². The van der Waals surface area contributed by atoms with E-state index in [1.54, 1.807) is 13.3 Å². The molecule has 0 aliphatic carbocycles. The monoisotopic (exact) mass is 342 g/mol. The molecule has 4 heterocycles. The second-order valence-electron chi connectivity index (χ2n) is 7.02. The van der Waals surface area contributed by atoms with Crippen molar-refractivity contribution >= 4 is 16.9 Å². The second-order valence-corrected chi connectivity index (χ2v) is 7.02. The first-order valence-electron chi connectivity index (χ1n) is 8.66. The molecule has 3 fully saturated rings. The van der Waals surface area contributed by atoms with Crippen molar-refractivity contribution in [1.29, 1.82) is 0 Å². The quantitative estimate of drug-likeness (QED) is 0.885. The van der Waals surface area contributed by atoms with E-state index < -0.39 is 12.1 Å². The summed E-state index contributed by atoms with van der Waals surface area (Å²) in [6.07, 6.45) is 2.65. The highest BCUT2D eigenvalue weighted by atomic mass is 16.5. The Bertz CT molecular complexity index is 809. The molecular formula is C19H22N2O4. The molecule has 132 valence electrons. The summed E-state index contributed by atoms with van der Waals surface area (Å²) in [6.45, 7) is 1.37. The lowest BCUT2D eigenvalue weighted by molar-refractivity contribution is -0.152. The van der Waals surface area contributed by atoms with Gasteiger partial charge in [-0.25, -0.2) is 0 Å². The maximum atomic E-state index is 11.4. The number of carboxylic acids is 1. The summed E-state index contributed by atoms with van der Waals surface area (Å²) in [5.74, 6) is -0.164. The average molecular weight is 342 g/mol. The van der Waals surface area contributed by atoms with Crippen LogP contribution in [-0.2, 0) is 4.79 Å². The Morgan fingerprint density at radius 2 is 2.24 bits per heavy atom. The Balaban J connectivity index is 1.67. The molecule has 2 N–H and O–H groups in total. The maximum absolute atomic E-state index is 11.4. The third kappa shape index (κ3) is 2.75. The van der Waals surface area contributed by atoms with E-state index in [2.05, 4.69) is 9.88 Å². The fourth-order valence-corrected chi connectivity index (χ4v) is 4.42. The Hall–Kier alpha value is -2.18. The van der Waals surface area contributed by atoms with Crippen molar-refractivity contribution in [2.75, 3.05) is 20.2 Å². The van der Waals surface area contributed by atoms with Gasteiger partial charge in [-0.15, -0.1) is 0 Å². The normalized spacial score (nSPS) is 29.5. The zero-order chi connectivity index (χ0) is 17.6.